The summed E-state index contributed by atoms with van der Waals surface area (Å²) in [6.45, 7) is 0. The van der Waals surface area contributed by atoms with Crippen molar-refractivity contribution in [1.29, 1.82) is 5.26 Å². The maximum Gasteiger partial charge on any atom is 0.418 e. The van der Waals surface area contributed by atoms with Crippen LogP contribution in [-0.2, 0) is 6.18 Å². The van der Waals surface area contributed by atoms with Gasteiger partial charge in [-0.25, -0.2) is 18.6 Å². The van der Waals surface area contributed by atoms with E-state index >= 15 is 0 Å². The van der Waals surface area contributed by atoms with Gasteiger partial charge < -0.3 is 5.11 Å². The first-order valence-electron chi connectivity index (χ1n) is 4.21. The second-order valence-corrected chi connectivity index (χ2v) is 3.02. The molecule has 18 heavy (non-hydrogen) atoms. The zero-order chi connectivity index (χ0) is 14.1. The number of hydrogen-bond donors (Lipinski definition) is 1. The number of carboxylic acid groups (broad SMARTS) is 1. The Labute approximate surface area is 96.3 Å². The molecule has 9 heteroatoms. The number of carboxylic acids is 1. The number of hydrogen-bond acceptors (Lipinski definition) is 3. The third-order valence-corrected chi connectivity index (χ3v) is 1.94. The maximum absolute atomic E-state index is 12.6. The van der Waals surface area contributed by atoms with Gasteiger partial charge in [0, 0.05) is 6.20 Å². The van der Waals surface area contributed by atoms with E-state index in [0.717, 1.165) is 6.07 Å². The summed E-state index contributed by atoms with van der Waals surface area (Å²) in [6, 6.07) is 1.05. The summed E-state index contributed by atoms with van der Waals surface area (Å²) in [7, 11) is 0. The van der Waals surface area contributed by atoms with E-state index in [4.69, 9.17) is 10.4 Å². The summed E-state index contributed by atoms with van der Waals surface area (Å²) in [4.78, 5) is 13.5. The molecule has 0 aliphatic rings. The minimum atomic E-state index is -5.27. The van der Waals surface area contributed by atoms with Crippen LogP contribution in [0.15, 0.2) is 6.20 Å². The number of pyridine rings is 1. The molecule has 1 N–H and O–H groups in total. The first kappa shape index (κ1) is 13.8. The van der Waals surface area contributed by atoms with Crippen molar-refractivity contribution in [2.45, 2.75) is 12.6 Å². The Morgan fingerprint density at radius 3 is 2.33 bits per heavy atom. The monoisotopic (exact) mass is 266 g/mol. The van der Waals surface area contributed by atoms with Crippen LogP contribution >= 0.6 is 0 Å². The second-order valence-electron chi connectivity index (χ2n) is 3.02. The molecule has 0 fully saturated rings. The van der Waals surface area contributed by atoms with Gasteiger partial charge in [0.15, 0.2) is 5.69 Å². The van der Waals surface area contributed by atoms with E-state index in [1.54, 1.807) is 0 Å². The van der Waals surface area contributed by atoms with Crippen molar-refractivity contribution in [2.75, 3.05) is 0 Å². The predicted molar refractivity (Wildman–Crippen MR) is 45.9 cm³/mol. The largest absolute Gasteiger partial charge is 0.476 e. The lowest BCUT2D eigenvalue weighted by atomic mass is 10.0. The first-order valence-corrected chi connectivity index (χ1v) is 4.21. The normalized spacial score (nSPS) is 11.4. The molecule has 1 heterocycles. The molecule has 0 amide bonds. The smallest absolute Gasteiger partial charge is 0.418 e. The Bertz CT molecular complexity index is 533. The van der Waals surface area contributed by atoms with Gasteiger partial charge >= 0.3 is 12.1 Å². The zero-order valence-corrected chi connectivity index (χ0v) is 8.29. The van der Waals surface area contributed by atoms with Crippen molar-refractivity contribution in [3.8, 4) is 6.07 Å². The highest BCUT2D eigenvalue weighted by molar-refractivity contribution is 5.88. The number of aromatic nitrogens is 1. The van der Waals surface area contributed by atoms with Crippen molar-refractivity contribution >= 4 is 5.97 Å². The predicted octanol–water partition coefficient (Wildman–Crippen LogP) is 2.61. The molecule has 0 aliphatic heterocycles. The molecule has 96 valence electrons. The zero-order valence-electron chi connectivity index (χ0n) is 8.29. The molecular weight excluding hydrogens is 263 g/mol. The Hall–Kier alpha value is -2.24. The molecule has 0 spiro atoms. The number of aromatic carboxylic acids is 1. The van der Waals surface area contributed by atoms with Gasteiger partial charge in [-0.3, -0.25) is 0 Å². The van der Waals surface area contributed by atoms with Gasteiger partial charge in [0.2, 0.25) is 0 Å². The molecule has 0 unspecified atom stereocenters. The lowest BCUT2D eigenvalue weighted by molar-refractivity contribution is -0.139. The summed E-state index contributed by atoms with van der Waals surface area (Å²) in [5.41, 5.74) is -6.33. The van der Waals surface area contributed by atoms with Gasteiger partial charge in [-0.1, -0.05) is 0 Å². The Morgan fingerprint density at radius 2 is 2.00 bits per heavy atom. The Balaban J connectivity index is 3.78. The van der Waals surface area contributed by atoms with Crippen LogP contribution < -0.4 is 0 Å². The number of rotatable bonds is 2. The van der Waals surface area contributed by atoms with E-state index in [0.29, 0.717) is 6.20 Å². The van der Waals surface area contributed by atoms with Crippen LogP contribution in [0, 0.1) is 11.3 Å². The lowest BCUT2D eigenvalue weighted by Crippen LogP contribution is -2.18. The number of nitriles is 1. The highest BCUT2D eigenvalue weighted by Gasteiger charge is 2.41. The lowest BCUT2D eigenvalue weighted by Gasteiger charge is -2.15. The number of nitrogens with zero attached hydrogens (tertiary/aromatic N) is 2. The average molecular weight is 266 g/mol. The molecule has 1 aromatic heterocycles. The SMILES string of the molecule is N#Cc1cnc(C(=O)O)c(C(F)F)c1C(F)(F)F. The van der Waals surface area contributed by atoms with Gasteiger partial charge in [0.25, 0.3) is 6.43 Å². The molecule has 0 atom stereocenters. The maximum atomic E-state index is 12.6. The summed E-state index contributed by atoms with van der Waals surface area (Å²) in [5.74, 6) is -2.03. The Morgan fingerprint density at radius 1 is 1.44 bits per heavy atom. The van der Waals surface area contributed by atoms with Crippen LogP contribution in [0.3, 0.4) is 0 Å². The van der Waals surface area contributed by atoms with Crippen molar-refractivity contribution in [2.24, 2.45) is 0 Å². The summed E-state index contributed by atoms with van der Waals surface area (Å²) in [5, 5.41) is 17.0. The number of alkyl halides is 5. The van der Waals surface area contributed by atoms with Crippen LogP contribution in [0.4, 0.5) is 22.0 Å². The van der Waals surface area contributed by atoms with Crippen molar-refractivity contribution in [3.63, 3.8) is 0 Å². The molecule has 0 bridgehead atoms. The quantitative estimate of drug-likeness (QED) is 0.835. The number of carbonyl (C=O) groups is 1. The van der Waals surface area contributed by atoms with E-state index in [9.17, 15) is 26.7 Å². The van der Waals surface area contributed by atoms with Crippen LogP contribution in [0.25, 0.3) is 0 Å². The standard InChI is InChI=1S/C9H3F5N2O2/c10-7(11)4-5(9(12,13)14)3(1-15)2-16-6(4)8(17)18/h2,7H,(H,17,18). The highest BCUT2D eigenvalue weighted by atomic mass is 19.4. The minimum Gasteiger partial charge on any atom is -0.476 e. The number of halogens is 5. The van der Waals surface area contributed by atoms with Crippen LogP contribution in [0.2, 0.25) is 0 Å². The molecule has 0 aromatic carbocycles. The second kappa shape index (κ2) is 4.56. The molecule has 1 aromatic rings. The van der Waals surface area contributed by atoms with Crippen LogP contribution in [0.5, 0.6) is 0 Å². The van der Waals surface area contributed by atoms with Gasteiger partial charge in [-0.15, -0.1) is 0 Å². The summed E-state index contributed by atoms with van der Waals surface area (Å²) in [6.07, 6.45) is -8.68. The van der Waals surface area contributed by atoms with E-state index in [2.05, 4.69) is 4.98 Å². The van der Waals surface area contributed by atoms with Crippen molar-refractivity contribution < 1.29 is 31.9 Å². The molecule has 0 radical (unpaired) electrons. The van der Waals surface area contributed by atoms with Crippen LogP contribution in [0.1, 0.15) is 33.6 Å². The molecule has 0 saturated heterocycles. The first-order chi connectivity index (χ1) is 8.20. The molecular formula is C9H3F5N2O2. The topological polar surface area (TPSA) is 74.0 Å². The molecule has 4 nitrogen and oxygen atoms in total. The summed E-state index contributed by atoms with van der Waals surface area (Å²) >= 11 is 0. The van der Waals surface area contributed by atoms with Gasteiger partial charge in [0.1, 0.15) is 6.07 Å². The van der Waals surface area contributed by atoms with Crippen molar-refractivity contribution in [3.05, 3.63) is 28.6 Å². The molecule has 0 aliphatic carbocycles. The minimum absolute atomic E-state index is 0.304. The van der Waals surface area contributed by atoms with Crippen molar-refractivity contribution in [1.82, 2.24) is 4.98 Å². The van der Waals surface area contributed by atoms with Crippen LogP contribution in [-0.4, -0.2) is 16.1 Å². The molecule has 0 saturated carbocycles. The van der Waals surface area contributed by atoms with Gasteiger partial charge in [-0.2, -0.15) is 18.4 Å². The van der Waals surface area contributed by atoms with Gasteiger partial charge in [0.05, 0.1) is 16.7 Å². The fourth-order valence-electron chi connectivity index (χ4n) is 1.30. The average Bonchev–Trinajstić information content (AvgIpc) is 2.25. The van der Waals surface area contributed by atoms with E-state index in [-0.39, 0.29) is 0 Å². The fraction of sp³-hybridized carbons (Fsp3) is 0.222. The third kappa shape index (κ3) is 2.37. The third-order valence-electron chi connectivity index (χ3n) is 1.94. The van der Waals surface area contributed by atoms with E-state index in [1.165, 1.54) is 0 Å². The highest BCUT2D eigenvalue weighted by Crippen LogP contribution is 2.39. The van der Waals surface area contributed by atoms with E-state index in [1.807, 2.05) is 0 Å². The van der Waals surface area contributed by atoms with E-state index < -0.39 is 41.0 Å². The summed E-state index contributed by atoms with van der Waals surface area (Å²) < 4.78 is 62.9. The fourth-order valence-corrected chi connectivity index (χ4v) is 1.30. The van der Waals surface area contributed by atoms with Gasteiger partial charge in [-0.05, 0) is 0 Å². The molecule has 1 rings (SSSR count). The Kier molecular flexibility index (Phi) is 3.50.